The first-order chi connectivity index (χ1) is 8.00. The van der Waals surface area contributed by atoms with Gasteiger partial charge in [0.25, 0.3) is 0 Å². The Labute approximate surface area is 109 Å². The Balaban J connectivity index is 2.58. The SMILES string of the molecule is Cc1nc(-c2cncc(Br)c2)c(N)n1C(C)C. The van der Waals surface area contributed by atoms with Crippen LogP contribution in [0.15, 0.2) is 22.9 Å². The third-order valence-electron chi connectivity index (χ3n) is 2.62. The van der Waals surface area contributed by atoms with E-state index in [0.717, 1.165) is 21.6 Å². The van der Waals surface area contributed by atoms with Crippen LogP contribution in [-0.2, 0) is 0 Å². The van der Waals surface area contributed by atoms with Crippen molar-refractivity contribution in [1.29, 1.82) is 0 Å². The molecule has 4 nitrogen and oxygen atoms in total. The Kier molecular flexibility index (Phi) is 3.19. The average Bonchev–Trinajstić information content (AvgIpc) is 2.54. The number of pyridine rings is 1. The number of aryl methyl sites for hydroxylation is 1. The van der Waals surface area contributed by atoms with Gasteiger partial charge in [0.15, 0.2) is 0 Å². The molecule has 0 spiro atoms. The number of nitrogens with two attached hydrogens (primary N) is 1. The Hall–Kier alpha value is -1.36. The molecular formula is C12H15BrN4. The van der Waals surface area contributed by atoms with Crippen LogP contribution >= 0.6 is 15.9 Å². The topological polar surface area (TPSA) is 56.7 Å². The van der Waals surface area contributed by atoms with Crippen molar-refractivity contribution in [3.63, 3.8) is 0 Å². The average molecular weight is 295 g/mol. The monoisotopic (exact) mass is 294 g/mol. The second kappa shape index (κ2) is 4.49. The first kappa shape index (κ1) is 12.1. The summed E-state index contributed by atoms with van der Waals surface area (Å²) in [6, 6.07) is 2.27. The smallest absolute Gasteiger partial charge is 0.132 e. The zero-order chi connectivity index (χ0) is 12.6. The molecule has 2 heterocycles. The van der Waals surface area contributed by atoms with Gasteiger partial charge in [-0.1, -0.05) is 0 Å². The van der Waals surface area contributed by atoms with Crippen LogP contribution in [0.25, 0.3) is 11.3 Å². The minimum absolute atomic E-state index is 0.302. The van der Waals surface area contributed by atoms with E-state index in [-0.39, 0.29) is 0 Å². The maximum absolute atomic E-state index is 6.14. The molecule has 2 N–H and O–H groups in total. The van der Waals surface area contributed by atoms with E-state index in [9.17, 15) is 0 Å². The number of imidazole rings is 1. The van der Waals surface area contributed by atoms with Crippen molar-refractivity contribution in [2.45, 2.75) is 26.8 Å². The van der Waals surface area contributed by atoms with E-state index in [1.165, 1.54) is 0 Å². The van der Waals surface area contributed by atoms with Crippen molar-refractivity contribution >= 4 is 21.7 Å². The number of rotatable bonds is 2. The van der Waals surface area contributed by atoms with Crippen LogP contribution in [-0.4, -0.2) is 14.5 Å². The van der Waals surface area contributed by atoms with Crippen molar-refractivity contribution in [3.8, 4) is 11.3 Å². The quantitative estimate of drug-likeness (QED) is 0.925. The van der Waals surface area contributed by atoms with Crippen LogP contribution in [0.3, 0.4) is 0 Å². The predicted molar refractivity (Wildman–Crippen MR) is 72.7 cm³/mol. The molecule has 2 aromatic rings. The van der Waals surface area contributed by atoms with Crippen molar-refractivity contribution < 1.29 is 0 Å². The van der Waals surface area contributed by atoms with Gasteiger partial charge in [-0.3, -0.25) is 4.98 Å². The molecule has 0 fully saturated rings. The lowest BCUT2D eigenvalue weighted by Crippen LogP contribution is -2.07. The van der Waals surface area contributed by atoms with Gasteiger partial charge in [-0.15, -0.1) is 0 Å². The molecular weight excluding hydrogens is 280 g/mol. The molecule has 2 rings (SSSR count). The lowest BCUT2D eigenvalue weighted by molar-refractivity contribution is 0.590. The molecule has 0 aromatic carbocycles. The van der Waals surface area contributed by atoms with Gasteiger partial charge in [0.05, 0.1) is 0 Å². The molecule has 0 aliphatic carbocycles. The number of halogens is 1. The van der Waals surface area contributed by atoms with E-state index in [1.807, 2.05) is 17.6 Å². The Morgan fingerprint density at radius 1 is 1.35 bits per heavy atom. The van der Waals surface area contributed by atoms with E-state index in [2.05, 4.69) is 39.7 Å². The highest BCUT2D eigenvalue weighted by Gasteiger charge is 2.15. The fourth-order valence-corrected chi connectivity index (χ4v) is 2.33. The first-order valence-corrected chi connectivity index (χ1v) is 6.25. The van der Waals surface area contributed by atoms with Crippen molar-refractivity contribution in [2.24, 2.45) is 0 Å². The summed E-state index contributed by atoms with van der Waals surface area (Å²) in [7, 11) is 0. The molecule has 2 aromatic heterocycles. The third-order valence-corrected chi connectivity index (χ3v) is 3.05. The lowest BCUT2D eigenvalue weighted by Gasteiger charge is -2.11. The molecule has 0 aliphatic rings. The zero-order valence-corrected chi connectivity index (χ0v) is 11.7. The number of anilines is 1. The predicted octanol–water partition coefficient (Wildman–Crippen LogP) is 3.18. The lowest BCUT2D eigenvalue weighted by atomic mass is 10.2. The van der Waals surface area contributed by atoms with Gasteiger partial charge >= 0.3 is 0 Å². The largest absolute Gasteiger partial charge is 0.383 e. The molecule has 90 valence electrons. The van der Waals surface area contributed by atoms with Crippen molar-refractivity contribution in [3.05, 3.63) is 28.8 Å². The standard InChI is InChI=1S/C12H15BrN4/c1-7(2)17-8(3)16-11(12(17)14)9-4-10(13)6-15-5-9/h4-7H,14H2,1-3H3. The molecule has 0 bridgehead atoms. The van der Waals surface area contributed by atoms with E-state index >= 15 is 0 Å². The summed E-state index contributed by atoms with van der Waals surface area (Å²) in [6.07, 6.45) is 3.51. The first-order valence-electron chi connectivity index (χ1n) is 5.46. The van der Waals surface area contributed by atoms with Crippen LogP contribution in [0.4, 0.5) is 5.82 Å². The molecule has 0 unspecified atom stereocenters. The van der Waals surface area contributed by atoms with Crippen LogP contribution in [0.5, 0.6) is 0 Å². The summed E-state index contributed by atoms with van der Waals surface area (Å²) < 4.78 is 2.95. The van der Waals surface area contributed by atoms with E-state index in [1.54, 1.807) is 12.4 Å². The van der Waals surface area contributed by atoms with E-state index < -0.39 is 0 Å². The highest BCUT2D eigenvalue weighted by atomic mass is 79.9. The number of aromatic nitrogens is 3. The maximum Gasteiger partial charge on any atom is 0.132 e. The minimum Gasteiger partial charge on any atom is -0.383 e. The summed E-state index contributed by atoms with van der Waals surface area (Å²) in [4.78, 5) is 8.65. The molecule has 17 heavy (non-hydrogen) atoms. The van der Waals surface area contributed by atoms with E-state index in [0.29, 0.717) is 11.9 Å². The van der Waals surface area contributed by atoms with Gasteiger partial charge in [-0.2, -0.15) is 0 Å². The van der Waals surface area contributed by atoms with Gasteiger partial charge in [0.2, 0.25) is 0 Å². The Morgan fingerprint density at radius 3 is 2.59 bits per heavy atom. The molecule has 0 saturated carbocycles. The van der Waals surface area contributed by atoms with Gasteiger partial charge in [-0.25, -0.2) is 4.98 Å². The summed E-state index contributed by atoms with van der Waals surface area (Å²) >= 11 is 3.40. The summed E-state index contributed by atoms with van der Waals surface area (Å²) in [5, 5.41) is 0. The molecule has 0 saturated heterocycles. The summed E-state index contributed by atoms with van der Waals surface area (Å²) in [5.41, 5.74) is 7.87. The number of hydrogen-bond acceptors (Lipinski definition) is 3. The molecule has 5 heteroatoms. The molecule has 0 atom stereocenters. The third kappa shape index (κ3) is 2.20. The molecule has 0 amide bonds. The number of nitrogen functional groups attached to an aromatic ring is 1. The fourth-order valence-electron chi connectivity index (χ4n) is 1.97. The highest BCUT2D eigenvalue weighted by molar-refractivity contribution is 9.10. The van der Waals surface area contributed by atoms with Crippen LogP contribution in [0.1, 0.15) is 25.7 Å². The molecule has 0 radical (unpaired) electrons. The van der Waals surface area contributed by atoms with Crippen molar-refractivity contribution in [1.82, 2.24) is 14.5 Å². The van der Waals surface area contributed by atoms with Crippen LogP contribution in [0.2, 0.25) is 0 Å². The normalized spacial score (nSPS) is 11.1. The van der Waals surface area contributed by atoms with Crippen LogP contribution in [0, 0.1) is 6.92 Å². The number of nitrogens with zero attached hydrogens (tertiary/aromatic N) is 3. The molecule has 0 aliphatic heterocycles. The Morgan fingerprint density at radius 2 is 2.06 bits per heavy atom. The fraction of sp³-hybridized carbons (Fsp3) is 0.333. The van der Waals surface area contributed by atoms with E-state index in [4.69, 9.17) is 5.73 Å². The van der Waals surface area contributed by atoms with Gasteiger partial charge in [0, 0.05) is 28.5 Å². The van der Waals surface area contributed by atoms with Crippen molar-refractivity contribution in [2.75, 3.05) is 5.73 Å². The number of hydrogen-bond donors (Lipinski definition) is 1. The zero-order valence-electron chi connectivity index (χ0n) is 10.1. The minimum atomic E-state index is 0.302. The maximum atomic E-state index is 6.14. The highest BCUT2D eigenvalue weighted by Crippen LogP contribution is 2.29. The van der Waals surface area contributed by atoms with Gasteiger partial charge in [-0.05, 0) is 42.8 Å². The second-order valence-corrected chi connectivity index (χ2v) is 5.16. The Bertz CT molecular complexity index is 545. The summed E-state index contributed by atoms with van der Waals surface area (Å²) in [6.45, 7) is 6.15. The van der Waals surface area contributed by atoms with Gasteiger partial charge < -0.3 is 10.3 Å². The second-order valence-electron chi connectivity index (χ2n) is 4.25. The van der Waals surface area contributed by atoms with Gasteiger partial charge in [0.1, 0.15) is 17.3 Å². The summed E-state index contributed by atoms with van der Waals surface area (Å²) in [5.74, 6) is 1.62. The van der Waals surface area contributed by atoms with Crippen LogP contribution < -0.4 is 5.73 Å².